The molecule has 0 aromatic heterocycles. The van der Waals surface area contributed by atoms with E-state index in [-0.39, 0.29) is 11.7 Å². The van der Waals surface area contributed by atoms with Crippen molar-refractivity contribution >= 4 is 6.29 Å². The Morgan fingerprint density at radius 3 is 2.77 bits per heavy atom. The second-order valence-electron chi connectivity index (χ2n) is 2.82. The summed E-state index contributed by atoms with van der Waals surface area (Å²) in [7, 11) is 1.40. The van der Waals surface area contributed by atoms with Crippen LogP contribution in [0, 0.1) is 5.82 Å². The van der Waals surface area contributed by atoms with E-state index in [0.29, 0.717) is 0 Å². The van der Waals surface area contributed by atoms with Gasteiger partial charge in [0.05, 0.1) is 7.11 Å². The van der Waals surface area contributed by atoms with E-state index in [9.17, 15) is 9.18 Å². The standard InChI is InChI=1S/C10H11FO2/c1-7(6-12)8-3-4-9(11)10(5-8)13-2/h3-7H,1-2H3. The number of aldehydes is 1. The zero-order valence-corrected chi connectivity index (χ0v) is 7.58. The molecule has 1 aromatic rings. The highest BCUT2D eigenvalue weighted by Gasteiger charge is 2.08. The number of halogens is 1. The van der Waals surface area contributed by atoms with Crippen molar-refractivity contribution in [3.63, 3.8) is 0 Å². The first-order valence-electron chi connectivity index (χ1n) is 3.97. The van der Waals surface area contributed by atoms with Crippen LogP contribution in [0.3, 0.4) is 0 Å². The minimum Gasteiger partial charge on any atom is -0.494 e. The van der Waals surface area contributed by atoms with Crippen LogP contribution in [0.5, 0.6) is 5.75 Å². The molecule has 2 nitrogen and oxygen atoms in total. The Balaban J connectivity index is 3.05. The SMILES string of the molecule is COc1cc(C(C)C=O)ccc1F. The van der Waals surface area contributed by atoms with Crippen molar-refractivity contribution in [2.75, 3.05) is 7.11 Å². The minimum atomic E-state index is -0.413. The highest BCUT2D eigenvalue weighted by Crippen LogP contribution is 2.22. The average molecular weight is 182 g/mol. The summed E-state index contributed by atoms with van der Waals surface area (Å²) in [4.78, 5) is 10.5. The molecular weight excluding hydrogens is 171 g/mol. The summed E-state index contributed by atoms with van der Waals surface area (Å²) in [6.45, 7) is 1.75. The quantitative estimate of drug-likeness (QED) is 0.669. The van der Waals surface area contributed by atoms with Crippen molar-refractivity contribution in [3.8, 4) is 5.75 Å². The van der Waals surface area contributed by atoms with Crippen LogP contribution in [0.25, 0.3) is 0 Å². The molecular formula is C10H11FO2. The van der Waals surface area contributed by atoms with E-state index in [2.05, 4.69) is 0 Å². The Kier molecular flexibility index (Phi) is 3.01. The van der Waals surface area contributed by atoms with E-state index >= 15 is 0 Å². The van der Waals surface area contributed by atoms with Crippen LogP contribution < -0.4 is 4.74 Å². The first-order valence-corrected chi connectivity index (χ1v) is 3.97. The smallest absolute Gasteiger partial charge is 0.165 e. The lowest BCUT2D eigenvalue weighted by molar-refractivity contribution is -0.108. The summed E-state index contributed by atoms with van der Waals surface area (Å²) < 4.78 is 17.7. The zero-order valence-electron chi connectivity index (χ0n) is 7.58. The maximum Gasteiger partial charge on any atom is 0.165 e. The summed E-state index contributed by atoms with van der Waals surface area (Å²) >= 11 is 0. The highest BCUT2D eigenvalue weighted by atomic mass is 19.1. The molecule has 0 N–H and O–H groups in total. The number of carbonyl (C=O) groups is 1. The van der Waals surface area contributed by atoms with Crippen LogP contribution in [0.15, 0.2) is 18.2 Å². The summed E-state index contributed by atoms with van der Waals surface area (Å²) in [5.74, 6) is -0.468. The Morgan fingerprint density at radius 1 is 1.54 bits per heavy atom. The summed E-state index contributed by atoms with van der Waals surface area (Å²) in [5, 5.41) is 0. The molecule has 1 unspecified atom stereocenters. The van der Waals surface area contributed by atoms with Gasteiger partial charge in [-0.15, -0.1) is 0 Å². The molecule has 0 bridgehead atoms. The Morgan fingerprint density at radius 2 is 2.23 bits per heavy atom. The largest absolute Gasteiger partial charge is 0.494 e. The second kappa shape index (κ2) is 4.03. The molecule has 1 aromatic carbocycles. The van der Waals surface area contributed by atoms with Crippen LogP contribution >= 0.6 is 0 Å². The molecule has 0 spiro atoms. The van der Waals surface area contributed by atoms with Gasteiger partial charge in [-0.25, -0.2) is 4.39 Å². The third-order valence-corrected chi connectivity index (χ3v) is 1.91. The van der Waals surface area contributed by atoms with Gasteiger partial charge in [0.15, 0.2) is 11.6 Å². The Hall–Kier alpha value is -1.38. The second-order valence-corrected chi connectivity index (χ2v) is 2.82. The van der Waals surface area contributed by atoms with Gasteiger partial charge < -0.3 is 9.53 Å². The van der Waals surface area contributed by atoms with Gasteiger partial charge in [0, 0.05) is 5.92 Å². The molecule has 3 heteroatoms. The number of hydrogen-bond acceptors (Lipinski definition) is 2. The molecule has 0 amide bonds. The average Bonchev–Trinajstić information content (AvgIpc) is 2.17. The number of carbonyl (C=O) groups excluding carboxylic acids is 1. The van der Waals surface area contributed by atoms with Gasteiger partial charge in [0.2, 0.25) is 0 Å². The monoisotopic (exact) mass is 182 g/mol. The Bertz CT molecular complexity index is 310. The molecule has 0 heterocycles. The number of methoxy groups -OCH3 is 1. The number of hydrogen-bond donors (Lipinski definition) is 0. The van der Waals surface area contributed by atoms with Gasteiger partial charge in [0.1, 0.15) is 6.29 Å². The molecule has 1 atom stereocenters. The normalized spacial score (nSPS) is 12.2. The van der Waals surface area contributed by atoms with Crippen molar-refractivity contribution in [2.45, 2.75) is 12.8 Å². The lowest BCUT2D eigenvalue weighted by Gasteiger charge is -2.07. The molecule has 1 rings (SSSR count). The summed E-state index contributed by atoms with van der Waals surface area (Å²) in [6, 6.07) is 4.42. The van der Waals surface area contributed by atoms with E-state index in [1.165, 1.54) is 19.2 Å². The number of benzene rings is 1. The van der Waals surface area contributed by atoms with Gasteiger partial charge >= 0.3 is 0 Å². The van der Waals surface area contributed by atoms with Crippen molar-refractivity contribution in [3.05, 3.63) is 29.6 Å². The van der Waals surface area contributed by atoms with E-state index < -0.39 is 5.82 Å². The van der Waals surface area contributed by atoms with Crippen molar-refractivity contribution < 1.29 is 13.9 Å². The molecule has 0 saturated carbocycles. The lowest BCUT2D eigenvalue weighted by atomic mass is 10.0. The number of ether oxygens (including phenoxy) is 1. The summed E-state index contributed by atoms with van der Waals surface area (Å²) in [6.07, 6.45) is 0.812. The molecule has 0 fully saturated rings. The van der Waals surface area contributed by atoms with Crippen LogP contribution in [0.4, 0.5) is 4.39 Å². The first kappa shape index (κ1) is 9.71. The molecule has 0 aliphatic carbocycles. The summed E-state index contributed by atoms with van der Waals surface area (Å²) in [5.41, 5.74) is 0.758. The zero-order chi connectivity index (χ0) is 9.84. The number of rotatable bonds is 3. The van der Waals surface area contributed by atoms with Crippen molar-refractivity contribution in [2.24, 2.45) is 0 Å². The van der Waals surface area contributed by atoms with Gasteiger partial charge in [-0.05, 0) is 17.7 Å². The van der Waals surface area contributed by atoms with E-state index in [0.717, 1.165) is 11.8 Å². The first-order chi connectivity index (χ1) is 6.19. The van der Waals surface area contributed by atoms with Crippen LogP contribution in [0.1, 0.15) is 18.4 Å². The fourth-order valence-electron chi connectivity index (χ4n) is 1.04. The third kappa shape index (κ3) is 2.05. The molecule has 0 saturated heterocycles. The van der Waals surface area contributed by atoms with Crippen molar-refractivity contribution in [1.29, 1.82) is 0 Å². The maximum atomic E-state index is 12.9. The fourth-order valence-corrected chi connectivity index (χ4v) is 1.04. The molecule has 13 heavy (non-hydrogen) atoms. The van der Waals surface area contributed by atoms with Crippen LogP contribution in [-0.4, -0.2) is 13.4 Å². The fraction of sp³-hybridized carbons (Fsp3) is 0.300. The Labute approximate surface area is 76.3 Å². The van der Waals surface area contributed by atoms with Crippen LogP contribution in [-0.2, 0) is 4.79 Å². The topological polar surface area (TPSA) is 26.3 Å². The highest BCUT2D eigenvalue weighted by molar-refractivity contribution is 5.61. The predicted octanol–water partition coefficient (Wildman–Crippen LogP) is 2.14. The molecule has 0 aliphatic heterocycles. The van der Waals surface area contributed by atoms with Gasteiger partial charge in [-0.1, -0.05) is 13.0 Å². The maximum absolute atomic E-state index is 12.9. The van der Waals surface area contributed by atoms with E-state index in [4.69, 9.17) is 4.74 Å². The minimum absolute atomic E-state index is 0.172. The molecule has 0 radical (unpaired) electrons. The van der Waals surface area contributed by atoms with Crippen molar-refractivity contribution in [1.82, 2.24) is 0 Å². The van der Waals surface area contributed by atoms with Gasteiger partial charge in [-0.2, -0.15) is 0 Å². The molecule has 70 valence electrons. The molecule has 0 aliphatic rings. The lowest BCUT2D eigenvalue weighted by Crippen LogP contribution is -1.96. The van der Waals surface area contributed by atoms with E-state index in [1.807, 2.05) is 0 Å². The predicted molar refractivity (Wildman–Crippen MR) is 47.4 cm³/mol. The van der Waals surface area contributed by atoms with Crippen LogP contribution in [0.2, 0.25) is 0 Å². The van der Waals surface area contributed by atoms with Gasteiger partial charge in [0.25, 0.3) is 0 Å². The van der Waals surface area contributed by atoms with E-state index in [1.54, 1.807) is 13.0 Å². The third-order valence-electron chi connectivity index (χ3n) is 1.91. The van der Waals surface area contributed by atoms with Gasteiger partial charge in [-0.3, -0.25) is 0 Å².